The van der Waals surface area contributed by atoms with Crippen LogP contribution < -0.4 is 20.3 Å². The summed E-state index contributed by atoms with van der Waals surface area (Å²) in [7, 11) is 0. The first-order valence-electron chi connectivity index (χ1n) is 12.1. The minimum absolute atomic E-state index is 0.290. The lowest BCUT2D eigenvalue weighted by molar-refractivity contribution is -0.118. The van der Waals surface area contributed by atoms with E-state index in [4.69, 9.17) is 9.47 Å². The second kappa shape index (κ2) is 12.5. The average Bonchev–Trinajstić information content (AvgIpc) is 2.90. The Balaban J connectivity index is 1.62. The summed E-state index contributed by atoms with van der Waals surface area (Å²) >= 11 is 3.39. The summed E-state index contributed by atoms with van der Waals surface area (Å²) in [5, 5.41) is 7.51. The van der Waals surface area contributed by atoms with E-state index in [1.54, 1.807) is 37.4 Å². The van der Waals surface area contributed by atoms with Crippen LogP contribution in [-0.4, -0.2) is 35.0 Å². The molecule has 0 saturated carbocycles. The molecule has 0 saturated heterocycles. The molecule has 0 radical (unpaired) electrons. The molecule has 4 aromatic rings. The Morgan fingerprint density at radius 2 is 1.95 bits per heavy atom. The summed E-state index contributed by atoms with van der Waals surface area (Å²) in [6.07, 6.45) is 3.68. The van der Waals surface area contributed by atoms with Crippen LogP contribution in [-0.2, 0) is 11.2 Å². The first kappa shape index (κ1) is 27.7. The molecule has 1 aromatic heterocycles. The lowest BCUT2D eigenvalue weighted by Gasteiger charge is -2.16. The van der Waals surface area contributed by atoms with E-state index in [0.29, 0.717) is 52.5 Å². The number of benzene rings is 3. The number of halogens is 2. The first-order valence-corrected chi connectivity index (χ1v) is 12.9. The number of amides is 1. The topological polar surface area (TPSA) is 94.8 Å². The zero-order valence-electron chi connectivity index (χ0n) is 21.4. The van der Waals surface area contributed by atoms with Crippen molar-refractivity contribution in [3.63, 3.8) is 0 Å². The molecule has 10 heteroatoms. The molecule has 8 nitrogen and oxygen atoms in total. The number of nitrogens with zero attached hydrogens (tertiary/aromatic N) is 3. The van der Waals surface area contributed by atoms with E-state index in [1.807, 2.05) is 19.1 Å². The number of rotatable bonds is 10. The largest absolute Gasteiger partial charge is 0.490 e. The Bertz CT molecular complexity index is 1620. The number of ether oxygens (including phenoxy) is 2. The third-order valence-electron chi connectivity index (χ3n) is 5.59. The van der Waals surface area contributed by atoms with Gasteiger partial charge in [-0.3, -0.25) is 9.59 Å². The maximum atomic E-state index is 13.1. The van der Waals surface area contributed by atoms with Crippen molar-refractivity contribution < 1.29 is 18.7 Å². The molecular formula is C29H26BrFN4O4. The Labute approximate surface area is 232 Å². The lowest BCUT2D eigenvalue weighted by Crippen LogP contribution is -2.21. The van der Waals surface area contributed by atoms with Crippen LogP contribution >= 0.6 is 15.9 Å². The highest BCUT2D eigenvalue weighted by Gasteiger charge is 2.15. The summed E-state index contributed by atoms with van der Waals surface area (Å²) in [4.78, 5) is 30.0. The summed E-state index contributed by atoms with van der Waals surface area (Å²) < 4.78 is 26.8. The molecule has 1 N–H and O–H groups in total. The van der Waals surface area contributed by atoms with Crippen molar-refractivity contribution in [3.05, 3.63) is 105 Å². The van der Waals surface area contributed by atoms with Crippen molar-refractivity contribution in [2.24, 2.45) is 5.10 Å². The van der Waals surface area contributed by atoms with Crippen molar-refractivity contribution >= 4 is 44.6 Å². The molecule has 0 aliphatic carbocycles. The van der Waals surface area contributed by atoms with E-state index >= 15 is 0 Å². The highest BCUT2D eigenvalue weighted by Crippen LogP contribution is 2.33. The predicted molar refractivity (Wildman–Crippen MR) is 153 cm³/mol. The van der Waals surface area contributed by atoms with E-state index in [-0.39, 0.29) is 12.2 Å². The van der Waals surface area contributed by atoms with Crippen molar-refractivity contribution in [3.8, 4) is 11.5 Å². The van der Waals surface area contributed by atoms with Crippen LogP contribution in [0.2, 0.25) is 0 Å². The molecule has 1 heterocycles. The smallest absolute Gasteiger partial charge is 0.282 e. The monoisotopic (exact) mass is 592 g/mol. The van der Waals surface area contributed by atoms with Crippen LogP contribution in [0.5, 0.6) is 11.5 Å². The Morgan fingerprint density at radius 3 is 2.67 bits per heavy atom. The summed E-state index contributed by atoms with van der Waals surface area (Å²) in [6.45, 7) is 7.43. The molecular weight excluding hydrogens is 567 g/mol. The quantitative estimate of drug-likeness (QED) is 0.190. The van der Waals surface area contributed by atoms with Gasteiger partial charge in [-0.2, -0.15) is 9.78 Å². The van der Waals surface area contributed by atoms with Crippen molar-refractivity contribution in [1.82, 2.24) is 9.66 Å². The van der Waals surface area contributed by atoms with Gasteiger partial charge in [0.1, 0.15) is 11.6 Å². The number of hydrogen-bond donors (Lipinski definition) is 1. The van der Waals surface area contributed by atoms with Gasteiger partial charge >= 0.3 is 0 Å². The van der Waals surface area contributed by atoms with E-state index in [0.717, 1.165) is 10.0 Å². The normalized spacial score (nSPS) is 11.1. The summed E-state index contributed by atoms with van der Waals surface area (Å²) in [5.41, 5.74) is 2.12. The van der Waals surface area contributed by atoms with Gasteiger partial charge in [-0.1, -0.05) is 22.0 Å². The van der Waals surface area contributed by atoms with Gasteiger partial charge in [0.25, 0.3) is 11.5 Å². The third kappa shape index (κ3) is 6.77. The molecule has 3 aromatic carbocycles. The number of aromatic nitrogens is 2. The Kier molecular flexibility index (Phi) is 8.88. The number of hydrogen-bond acceptors (Lipinski definition) is 6. The summed E-state index contributed by atoms with van der Waals surface area (Å²) in [5.74, 6) is 0.443. The number of nitrogens with one attached hydrogen (secondary N) is 1. The van der Waals surface area contributed by atoms with Gasteiger partial charge < -0.3 is 14.8 Å². The lowest BCUT2D eigenvalue weighted by atomic mass is 10.1. The SMILES string of the molecule is C=CCc1cc(C=Nn2c(C)nc3ccc(Br)cc3c2=O)cc(OCC)c1OCC(=O)Nc1ccc(F)cc1. The van der Waals surface area contributed by atoms with Crippen LogP contribution in [0.3, 0.4) is 0 Å². The van der Waals surface area contributed by atoms with E-state index in [9.17, 15) is 14.0 Å². The minimum atomic E-state index is -0.412. The van der Waals surface area contributed by atoms with Crippen LogP contribution in [0.4, 0.5) is 10.1 Å². The molecule has 0 fully saturated rings. The number of fused-ring (bicyclic) bond motifs is 1. The minimum Gasteiger partial charge on any atom is -0.490 e. The number of aryl methyl sites for hydroxylation is 1. The van der Waals surface area contributed by atoms with Gasteiger partial charge in [0.05, 0.1) is 23.7 Å². The predicted octanol–water partition coefficient (Wildman–Crippen LogP) is 5.63. The first-order chi connectivity index (χ1) is 18.8. The van der Waals surface area contributed by atoms with Gasteiger partial charge in [0.15, 0.2) is 18.1 Å². The maximum absolute atomic E-state index is 13.1. The Morgan fingerprint density at radius 1 is 1.18 bits per heavy atom. The molecule has 200 valence electrons. The summed E-state index contributed by atoms with van der Waals surface area (Å²) in [6, 6.07) is 14.3. The maximum Gasteiger partial charge on any atom is 0.282 e. The zero-order valence-corrected chi connectivity index (χ0v) is 23.0. The zero-order chi connectivity index (χ0) is 27.9. The molecule has 0 aliphatic rings. The van der Waals surface area contributed by atoms with Gasteiger partial charge in [0, 0.05) is 15.7 Å². The Hall–Kier alpha value is -4.31. The number of anilines is 1. The molecule has 0 bridgehead atoms. The van der Waals surface area contributed by atoms with Gasteiger partial charge in [0.2, 0.25) is 0 Å². The second-order valence-electron chi connectivity index (χ2n) is 8.46. The van der Waals surface area contributed by atoms with E-state index in [2.05, 4.69) is 37.9 Å². The standard InChI is InChI=1S/C29H26BrFN4O4/c1-4-6-20-13-19(16-32-35-18(3)33-25-12-7-21(30)15-24(25)29(35)37)14-26(38-5-2)28(20)39-17-27(36)34-23-10-8-22(31)9-11-23/h4,7-16H,1,5-6,17H2,2-3H3,(H,34,36). The number of carbonyl (C=O) groups excluding carboxylic acids is 1. The molecule has 0 spiro atoms. The molecule has 39 heavy (non-hydrogen) atoms. The average molecular weight is 593 g/mol. The number of allylic oxidation sites excluding steroid dienone is 1. The van der Waals surface area contributed by atoms with Crippen molar-refractivity contribution in [2.75, 3.05) is 18.5 Å². The van der Waals surface area contributed by atoms with Gasteiger partial charge in [-0.05, 0) is 80.4 Å². The van der Waals surface area contributed by atoms with Gasteiger partial charge in [-0.25, -0.2) is 9.37 Å². The van der Waals surface area contributed by atoms with Crippen LogP contribution in [0.25, 0.3) is 10.9 Å². The molecule has 1 amide bonds. The fourth-order valence-corrected chi connectivity index (χ4v) is 4.24. The van der Waals surface area contributed by atoms with Gasteiger partial charge in [-0.15, -0.1) is 6.58 Å². The highest BCUT2D eigenvalue weighted by atomic mass is 79.9. The molecule has 4 rings (SSSR count). The fraction of sp³-hybridized carbons (Fsp3) is 0.172. The number of carbonyl (C=O) groups is 1. The fourth-order valence-electron chi connectivity index (χ4n) is 3.88. The highest BCUT2D eigenvalue weighted by molar-refractivity contribution is 9.10. The van der Waals surface area contributed by atoms with Crippen LogP contribution in [0.1, 0.15) is 23.9 Å². The molecule has 0 aliphatic heterocycles. The van der Waals surface area contributed by atoms with Crippen molar-refractivity contribution in [2.45, 2.75) is 20.3 Å². The van der Waals surface area contributed by atoms with E-state index in [1.165, 1.54) is 28.9 Å². The molecule has 0 unspecified atom stereocenters. The van der Waals surface area contributed by atoms with Crippen LogP contribution in [0, 0.1) is 12.7 Å². The van der Waals surface area contributed by atoms with Crippen LogP contribution in [0.15, 0.2) is 81.6 Å². The molecule has 0 atom stereocenters. The third-order valence-corrected chi connectivity index (χ3v) is 6.08. The van der Waals surface area contributed by atoms with Crippen molar-refractivity contribution in [1.29, 1.82) is 0 Å². The second-order valence-corrected chi connectivity index (χ2v) is 9.37. The van der Waals surface area contributed by atoms with E-state index < -0.39 is 11.7 Å².